The molecule has 29 heavy (non-hydrogen) atoms. The van der Waals surface area contributed by atoms with Crippen molar-refractivity contribution >= 4 is 21.8 Å². The quantitative estimate of drug-likeness (QED) is 0.698. The molecule has 0 unspecified atom stereocenters. The third-order valence-electron chi connectivity index (χ3n) is 5.70. The molecule has 1 aromatic heterocycles. The fourth-order valence-electron chi connectivity index (χ4n) is 3.89. The first-order valence-electron chi connectivity index (χ1n) is 9.67. The zero-order chi connectivity index (χ0) is 20.8. The van der Waals surface area contributed by atoms with E-state index < -0.39 is 16.0 Å². The maximum atomic E-state index is 13.2. The van der Waals surface area contributed by atoms with Crippen molar-refractivity contribution in [2.24, 2.45) is 4.40 Å². The van der Waals surface area contributed by atoms with Gasteiger partial charge in [0.25, 0.3) is 5.91 Å². The summed E-state index contributed by atoms with van der Waals surface area (Å²) in [6.45, 7) is 6.44. The van der Waals surface area contributed by atoms with E-state index in [0.29, 0.717) is 51.3 Å². The summed E-state index contributed by atoms with van der Waals surface area (Å²) in [5.74, 6) is -0.953. The fraction of sp³-hybridized carbons (Fsp3) is 0.611. The molecule has 10 nitrogen and oxygen atoms in total. The third-order valence-corrected chi connectivity index (χ3v) is 7.01. The van der Waals surface area contributed by atoms with Gasteiger partial charge in [-0.15, -0.1) is 4.40 Å². The van der Waals surface area contributed by atoms with Gasteiger partial charge in [0.1, 0.15) is 5.70 Å². The van der Waals surface area contributed by atoms with E-state index in [1.54, 1.807) is 15.8 Å². The number of likely N-dealkylation sites (N-methyl/N-ethyl adjacent to an activating group) is 1. The summed E-state index contributed by atoms with van der Waals surface area (Å²) in [4.78, 5) is 14.8. The SMILES string of the molecule is CCn1ncc(C2=NS(=O)(=O)N(C)C(C(=O)N3CCC4(CC3)OCCO4)=C2)c1C. The van der Waals surface area contributed by atoms with Crippen molar-refractivity contribution in [3.63, 3.8) is 0 Å². The first-order chi connectivity index (χ1) is 13.8. The van der Waals surface area contributed by atoms with Crippen LogP contribution in [0.3, 0.4) is 0 Å². The van der Waals surface area contributed by atoms with E-state index in [0.717, 1.165) is 10.00 Å². The monoisotopic (exact) mass is 423 g/mol. The molecule has 0 aromatic carbocycles. The van der Waals surface area contributed by atoms with Crippen LogP contribution in [-0.4, -0.2) is 78.2 Å². The number of hydrogen-bond acceptors (Lipinski definition) is 6. The van der Waals surface area contributed by atoms with Gasteiger partial charge in [-0.2, -0.15) is 13.5 Å². The molecule has 1 amide bonds. The van der Waals surface area contributed by atoms with E-state index in [9.17, 15) is 13.2 Å². The Hall–Kier alpha value is -2.24. The lowest BCUT2D eigenvalue weighted by Gasteiger charge is -2.38. The number of amides is 1. The van der Waals surface area contributed by atoms with Crippen LogP contribution in [0.25, 0.3) is 0 Å². The highest BCUT2D eigenvalue weighted by atomic mass is 32.2. The summed E-state index contributed by atoms with van der Waals surface area (Å²) in [6, 6.07) is 0. The van der Waals surface area contributed by atoms with E-state index in [1.165, 1.54) is 13.1 Å². The number of aryl methyl sites for hydroxylation is 1. The summed E-state index contributed by atoms with van der Waals surface area (Å²) in [6.07, 6.45) is 4.23. The van der Waals surface area contributed by atoms with Gasteiger partial charge in [0.2, 0.25) is 0 Å². The molecule has 0 bridgehead atoms. The van der Waals surface area contributed by atoms with Gasteiger partial charge < -0.3 is 14.4 Å². The predicted molar refractivity (Wildman–Crippen MR) is 104 cm³/mol. The highest BCUT2D eigenvalue weighted by molar-refractivity contribution is 7.88. The molecule has 0 N–H and O–H groups in total. The van der Waals surface area contributed by atoms with Crippen molar-refractivity contribution < 1.29 is 22.7 Å². The van der Waals surface area contributed by atoms with Crippen molar-refractivity contribution in [2.45, 2.75) is 39.0 Å². The number of likely N-dealkylation sites (tertiary alicyclic amines) is 1. The van der Waals surface area contributed by atoms with Crippen molar-refractivity contribution in [1.82, 2.24) is 19.0 Å². The van der Waals surface area contributed by atoms with Crippen molar-refractivity contribution in [3.05, 3.63) is 29.2 Å². The Kier molecular flexibility index (Phi) is 4.99. The highest BCUT2D eigenvalue weighted by Crippen LogP contribution is 2.32. The molecule has 0 radical (unpaired) electrons. The second-order valence-electron chi connectivity index (χ2n) is 7.31. The van der Waals surface area contributed by atoms with E-state index in [4.69, 9.17) is 9.47 Å². The minimum atomic E-state index is -4.01. The van der Waals surface area contributed by atoms with Gasteiger partial charge >= 0.3 is 10.2 Å². The Morgan fingerprint density at radius 1 is 1.24 bits per heavy atom. The van der Waals surface area contributed by atoms with Crippen LogP contribution in [0.1, 0.15) is 31.0 Å². The smallest absolute Gasteiger partial charge is 0.345 e. The lowest BCUT2D eigenvalue weighted by atomic mass is 10.0. The molecule has 3 aliphatic heterocycles. The van der Waals surface area contributed by atoms with Crippen LogP contribution in [-0.2, 0) is 31.0 Å². The third kappa shape index (κ3) is 3.47. The average molecular weight is 423 g/mol. The van der Waals surface area contributed by atoms with Crippen LogP contribution < -0.4 is 0 Å². The summed E-state index contributed by atoms with van der Waals surface area (Å²) >= 11 is 0. The topological polar surface area (TPSA) is 106 Å². The maximum absolute atomic E-state index is 13.2. The molecule has 0 saturated carbocycles. The van der Waals surface area contributed by atoms with Crippen LogP contribution in [0.15, 0.2) is 22.4 Å². The van der Waals surface area contributed by atoms with Crippen LogP contribution >= 0.6 is 0 Å². The molecule has 0 aliphatic carbocycles. The molecule has 4 rings (SSSR count). The van der Waals surface area contributed by atoms with Crippen molar-refractivity contribution in [2.75, 3.05) is 33.4 Å². The molecule has 158 valence electrons. The van der Waals surface area contributed by atoms with Gasteiger partial charge in [-0.05, 0) is 19.9 Å². The van der Waals surface area contributed by atoms with E-state index in [-0.39, 0.29) is 17.3 Å². The maximum Gasteiger partial charge on any atom is 0.345 e. The van der Waals surface area contributed by atoms with Crippen LogP contribution in [0.4, 0.5) is 0 Å². The van der Waals surface area contributed by atoms with Gasteiger partial charge in [0, 0.05) is 50.8 Å². The van der Waals surface area contributed by atoms with Gasteiger partial charge in [-0.3, -0.25) is 9.48 Å². The number of carbonyl (C=O) groups is 1. The second kappa shape index (κ2) is 7.22. The molecule has 0 atom stereocenters. The molecular weight excluding hydrogens is 398 g/mol. The van der Waals surface area contributed by atoms with Gasteiger partial charge in [-0.1, -0.05) is 0 Å². The number of aromatic nitrogens is 2. The van der Waals surface area contributed by atoms with Gasteiger partial charge in [0.15, 0.2) is 5.79 Å². The van der Waals surface area contributed by atoms with Crippen LogP contribution in [0.2, 0.25) is 0 Å². The Balaban J connectivity index is 1.61. The zero-order valence-corrected chi connectivity index (χ0v) is 17.6. The molecule has 11 heteroatoms. The molecular formula is C18H25N5O5S. The standard InChI is InChI=1S/C18H25N5O5S/c1-4-23-13(2)14(12-19-23)15-11-16(21(3)29(25,26)20-15)17(24)22-7-5-18(6-8-22)27-9-10-28-18/h11-12H,4-10H2,1-3H3. The summed E-state index contributed by atoms with van der Waals surface area (Å²) in [5.41, 5.74) is 1.69. The Morgan fingerprint density at radius 2 is 1.90 bits per heavy atom. The molecule has 2 fully saturated rings. The average Bonchev–Trinajstić information content (AvgIpc) is 3.30. The number of carbonyl (C=O) groups excluding carboxylic acids is 1. The lowest BCUT2D eigenvalue weighted by molar-refractivity contribution is -0.186. The number of piperidine rings is 1. The van der Waals surface area contributed by atoms with Crippen LogP contribution in [0, 0.1) is 6.92 Å². The van der Waals surface area contributed by atoms with E-state index in [1.807, 2.05) is 13.8 Å². The van der Waals surface area contributed by atoms with E-state index in [2.05, 4.69) is 9.50 Å². The minimum absolute atomic E-state index is 0.0721. The number of ether oxygens (including phenoxy) is 2. The summed E-state index contributed by atoms with van der Waals surface area (Å²) in [7, 11) is -2.67. The number of rotatable bonds is 3. The largest absolute Gasteiger partial charge is 0.347 e. The predicted octanol–water partition coefficient (Wildman–Crippen LogP) is 0.440. The molecule has 1 spiro atoms. The van der Waals surface area contributed by atoms with Crippen molar-refractivity contribution in [3.8, 4) is 0 Å². The fourth-order valence-corrected chi connectivity index (χ4v) is 4.80. The molecule has 4 heterocycles. The lowest BCUT2D eigenvalue weighted by Crippen LogP contribution is -2.49. The normalized spacial score (nSPS) is 23.3. The first kappa shape index (κ1) is 20.0. The van der Waals surface area contributed by atoms with Crippen LogP contribution in [0.5, 0.6) is 0 Å². The zero-order valence-electron chi connectivity index (χ0n) is 16.8. The Bertz CT molecular complexity index is 980. The van der Waals surface area contributed by atoms with Crippen molar-refractivity contribution in [1.29, 1.82) is 0 Å². The number of hydrogen-bond donors (Lipinski definition) is 0. The summed E-state index contributed by atoms with van der Waals surface area (Å²) < 4.78 is 43.2. The van der Waals surface area contributed by atoms with E-state index >= 15 is 0 Å². The molecule has 2 saturated heterocycles. The number of allylic oxidation sites excluding steroid dienone is 1. The Morgan fingerprint density at radius 3 is 2.48 bits per heavy atom. The van der Waals surface area contributed by atoms with Gasteiger partial charge in [0.05, 0.1) is 25.1 Å². The molecule has 1 aromatic rings. The molecule has 3 aliphatic rings. The van der Waals surface area contributed by atoms with Gasteiger partial charge in [-0.25, -0.2) is 4.31 Å². The highest BCUT2D eigenvalue weighted by Gasteiger charge is 2.42. The number of nitrogens with zero attached hydrogens (tertiary/aromatic N) is 5. The minimum Gasteiger partial charge on any atom is -0.347 e. The second-order valence-corrected chi connectivity index (χ2v) is 8.94. The summed E-state index contributed by atoms with van der Waals surface area (Å²) in [5, 5.41) is 4.25. The first-order valence-corrected chi connectivity index (χ1v) is 11.1. The Labute approximate surface area is 170 Å².